The monoisotopic (exact) mass is 289 g/mol. The molecule has 4 nitrogen and oxygen atoms in total. The first-order valence-electron chi connectivity index (χ1n) is 8.25. The van der Waals surface area contributed by atoms with E-state index in [0.717, 1.165) is 25.4 Å². The van der Waals surface area contributed by atoms with Crippen LogP contribution in [-0.2, 0) is 4.74 Å². The number of hydrogen-bond donors (Lipinski definition) is 3. The Balaban J connectivity index is 3.10. The zero-order chi connectivity index (χ0) is 15.3. The predicted octanol–water partition coefficient (Wildman–Crippen LogP) is 3.03. The third-order valence-electron chi connectivity index (χ3n) is 3.44. The summed E-state index contributed by atoms with van der Waals surface area (Å²) in [5, 5.41) is 21.3. The molecule has 0 aromatic carbocycles. The lowest BCUT2D eigenvalue weighted by atomic mass is 10.0. The summed E-state index contributed by atoms with van der Waals surface area (Å²) in [4.78, 5) is 0. The fraction of sp³-hybridized carbons (Fsp3) is 1.00. The Morgan fingerprint density at radius 3 is 2.20 bits per heavy atom. The van der Waals surface area contributed by atoms with Gasteiger partial charge in [-0.1, -0.05) is 52.9 Å². The molecule has 4 heteroatoms. The van der Waals surface area contributed by atoms with Crippen molar-refractivity contribution in [3.8, 4) is 0 Å². The Morgan fingerprint density at radius 1 is 0.950 bits per heavy atom. The van der Waals surface area contributed by atoms with Crippen molar-refractivity contribution in [3.05, 3.63) is 0 Å². The van der Waals surface area contributed by atoms with Crippen molar-refractivity contribution in [2.75, 3.05) is 19.8 Å². The van der Waals surface area contributed by atoms with Crippen LogP contribution in [0.1, 0.15) is 72.1 Å². The van der Waals surface area contributed by atoms with Gasteiger partial charge < -0.3 is 14.9 Å². The maximum absolute atomic E-state index is 9.30. The van der Waals surface area contributed by atoms with Crippen LogP contribution in [0.3, 0.4) is 0 Å². The minimum Gasteiger partial charge on any atom is -0.381 e. The summed E-state index contributed by atoms with van der Waals surface area (Å²) in [6.07, 6.45) is 8.82. The van der Waals surface area contributed by atoms with Gasteiger partial charge in [0.1, 0.15) is 0 Å². The Hall–Kier alpha value is -0.160. The molecule has 0 aliphatic heterocycles. The lowest BCUT2D eigenvalue weighted by Gasteiger charge is -2.20. The topological polar surface area (TPSA) is 61.7 Å². The second-order valence-corrected chi connectivity index (χ2v) is 6.01. The number of aliphatic hydroxyl groups is 2. The molecular weight excluding hydrogens is 254 g/mol. The number of unbranched alkanes of at least 4 members (excludes halogenated alkanes) is 4. The van der Waals surface area contributed by atoms with Crippen LogP contribution in [-0.4, -0.2) is 35.9 Å². The van der Waals surface area contributed by atoms with Gasteiger partial charge in [0.25, 0.3) is 0 Å². The van der Waals surface area contributed by atoms with Crippen LogP contribution in [0.4, 0.5) is 0 Å². The van der Waals surface area contributed by atoms with Crippen molar-refractivity contribution in [2.24, 2.45) is 5.92 Å². The van der Waals surface area contributed by atoms with E-state index in [-0.39, 0.29) is 6.42 Å². The van der Waals surface area contributed by atoms with Crippen molar-refractivity contribution in [3.63, 3.8) is 0 Å². The molecule has 0 saturated carbocycles. The van der Waals surface area contributed by atoms with Gasteiger partial charge in [0.05, 0.1) is 0 Å². The number of ether oxygens (including phenoxy) is 1. The van der Waals surface area contributed by atoms with E-state index in [9.17, 15) is 10.2 Å². The van der Waals surface area contributed by atoms with Gasteiger partial charge in [0.15, 0.2) is 0 Å². The zero-order valence-electron chi connectivity index (χ0n) is 13.7. The fourth-order valence-electron chi connectivity index (χ4n) is 1.98. The standard InChI is InChI=1S/C16H35NO3/c1-4-16(18,19)17-12-10-14-20-13-9-7-5-6-8-11-15(2)3/h15,17-19H,4-14H2,1-3H3. The van der Waals surface area contributed by atoms with Crippen molar-refractivity contribution in [1.82, 2.24) is 5.32 Å². The van der Waals surface area contributed by atoms with Crippen LogP contribution in [0.5, 0.6) is 0 Å². The summed E-state index contributed by atoms with van der Waals surface area (Å²) in [5.41, 5.74) is 0. The second kappa shape index (κ2) is 12.6. The first kappa shape index (κ1) is 19.8. The van der Waals surface area contributed by atoms with Crippen molar-refractivity contribution in [1.29, 1.82) is 0 Å². The van der Waals surface area contributed by atoms with Gasteiger partial charge in [-0.25, -0.2) is 0 Å². The van der Waals surface area contributed by atoms with Crippen LogP contribution < -0.4 is 5.32 Å². The van der Waals surface area contributed by atoms with E-state index in [1.165, 1.54) is 32.1 Å². The number of rotatable bonds is 14. The molecule has 0 saturated heterocycles. The highest BCUT2D eigenvalue weighted by Gasteiger charge is 2.17. The molecule has 0 aromatic heterocycles. The molecular formula is C16H35NO3. The highest BCUT2D eigenvalue weighted by Crippen LogP contribution is 2.10. The third kappa shape index (κ3) is 14.3. The van der Waals surface area contributed by atoms with Crippen LogP contribution in [0.2, 0.25) is 0 Å². The van der Waals surface area contributed by atoms with E-state index < -0.39 is 5.91 Å². The summed E-state index contributed by atoms with van der Waals surface area (Å²) < 4.78 is 5.52. The van der Waals surface area contributed by atoms with E-state index in [1.54, 1.807) is 6.92 Å². The lowest BCUT2D eigenvalue weighted by molar-refractivity contribution is -0.186. The highest BCUT2D eigenvalue weighted by molar-refractivity contribution is 4.58. The first-order valence-corrected chi connectivity index (χ1v) is 8.25. The number of nitrogens with one attached hydrogen (secondary N) is 1. The van der Waals surface area contributed by atoms with Gasteiger partial charge in [-0.15, -0.1) is 0 Å². The van der Waals surface area contributed by atoms with Gasteiger partial charge in [-0.05, 0) is 18.8 Å². The molecule has 0 heterocycles. The molecule has 0 unspecified atom stereocenters. The Bertz CT molecular complexity index is 208. The van der Waals surface area contributed by atoms with E-state index in [2.05, 4.69) is 19.2 Å². The van der Waals surface area contributed by atoms with Gasteiger partial charge in [0.2, 0.25) is 5.91 Å². The molecule has 0 radical (unpaired) electrons. The van der Waals surface area contributed by atoms with Gasteiger partial charge in [-0.3, -0.25) is 5.32 Å². The van der Waals surface area contributed by atoms with Crippen molar-refractivity contribution < 1.29 is 14.9 Å². The summed E-state index contributed by atoms with van der Waals surface area (Å²) in [6.45, 7) is 8.35. The molecule has 20 heavy (non-hydrogen) atoms. The van der Waals surface area contributed by atoms with Gasteiger partial charge in [0, 0.05) is 26.2 Å². The SMILES string of the molecule is CCC(O)(O)NCCCOCCCCCCCC(C)C. The molecule has 0 aliphatic rings. The van der Waals surface area contributed by atoms with E-state index in [1.807, 2.05) is 0 Å². The summed E-state index contributed by atoms with van der Waals surface area (Å²) >= 11 is 0. The normalized spacial score (nSPS) is 12.3. The van der Waals surface area contributed by atoms with Crippen LogP contribution in [0.15, 0.2) is 0 Å². The zero-order valence-corrected chi connectivity index (χ0v) is 13.7. The molecule has 0 atom stereocenters. The minimum atomic E-state index is -1.73. The Kier molecular flexibility index (Phi) is 12.5. The maximum Gasteiger partial charge on any atom is 0.222 e. The third-order valence-corrected chi connectivity index (χ3v) is 3.44. The van der Waals surface area contributed by atoms with Crippen LogP contribution in [0, 0.1) is 5.92 Å². The Labute approximate surface area is 124 Å². The molecule has 122 valence electrons. The molecule has 0 aromatic rings. The second-order valence-electron chi connectivity index (χ2n) is 6.01. The van der Waals surface area contributed by atoms with Crippen molar-refractivity contribution in [2.45, 2.75) is 78.0 Å². The fourth-order valence-corrected chi connectivity index (χ4v) is 1.98. The van der Waals surface area contributed by atoms with E-state index in [0.29, 0.717) is 13.2 Å². The first-order chi connectivity index (χ1) is 9.48. The van der Waals surface area contributed by atoms with E-state index in [4.69, 9.17) is 4.74 Å². The molecule has 0 fully saturated rings. The summed E-state index contributed by atoms with van der Waals surface area (Å²) in [6, 6.07) is 0. The average Bonchev–Trinajstić information content (AvgIpc) is 2.39. The molecule has 0 bridgehead atoms. The molecule has 0 spiro atoms. The smallest absolute Gasteiger partial charge is 0.222 e. The largest absolute Gasteiger partial charge is 0.381 e. The predicted molar refractivity (Wildman–Crippen MR) is 83.4 cm³/mol. The van der Waals surface area contributed by atoms with Crippen LogP contribution >= 0.6 is 0 Å². The highest BCUT2D eigenvalue weighted by atomic mass is 16.5. The molecule has 0 amide bonds. The Morgan fingerprint density at radius 2 is 1.55 bits per heavy atom. The van der Waals surface area contributed by atoms with Crippen molar-refractivity contribution >= 4 is 0 Å². The summed E-state index contributed by atoms with van der Waals surface area (Å²) in [7, 11) is 0. The van der Waals surface area contributed by atoms with Gasteiger partial charge in [-0.2, -0.15) is 0 Å². The number of hydrogen-bond acceptors (Lipinski definition) is 4. The molecule has 0 aliphatic carbocycles. The average molecular weight is 289 g/mol. The lowest BCUT2D eigenvalue weighted by Crippen LogP contribution is -2.44. The minimum absolute atomic E-state index is 0.282. The molecule has 3 N–H and O–H groups in total. The summed E-state index contributed by atoms with van der Waals surface area (Å²) in [5.74, 6) is -0.896. The van der Waals surface area contributed by atoms with Gasteiger partial charge >= 0.3 is 0 Å². The van der Waals surface area contributed by atoms with E-state index >= 15 is 0 Å². The quantitative estimate of drug-likeness (QED) is 0.340. The van der Waals surface area contributed by atoms with Crippen LogP contribution in [0.25, 0.3) is 0 Å². The molecule has 0 rings (SSSR count). The maximum atomic E-state index is 9.30.